The van der Waals surface area contributed by atoms with Crippen molar-refractivity contribution in [2.24, 2.45) is 7.05 Å². The minimum atomic E-state index is -0.462. The second-order valence-corrected chi connectivity index (χ2v) is 6.50. The molecular weight excluding hydrogens is 348 g/mol. The molecule has 28 heavy (non-hydrogen) atoms. The second kappa shape index (κ2) is 7.84. The van der Waals surface area contributed by atoms with Crippen molar-refractivity contribution in [2.75, 3.05) is 0 Å². The normalized spacial score (nSPS) is 11.0. The van der Waals surface area contributed by atoms with Gasteiger partial charge in [0.1, 0.15) is 18.5 Å². The number of pyridine rings is 2. The van der Waals surface area contributed by atoms with Crippen molar-refractivity contribution >= 4 is 28.9 Å². The third kappa shape index (κ3) is 4.13. The molecule has 0 radical (unpaired) electrons. The fourth-order valence-electron chi connectivity index (χ4n) is 2.87. The van der Waals surface area contributed by atoms with Crippen LogP contribution in [0.2, 0.25) is 0 Å². The van der Waals surface area contributed by atoms with Crippen molar-refractivity contribution in [3.63, 3.8) is 0 Å². The molecule has 0 aliphatic rings. The molecule has 0 atom stereocenters. The molecule has 0 bridgehead atoms. The molecule has 0 saturated carbocycles. The van der Waals surface area contributed by atoms with Gasteiger partial charge in [0.25, 0.3) is 0 Å². The van der Waals surface area contributed by atoms with E-state index in [0.717, 1.165) is 21.9 Å². The number of aryl methyl sites for hydroxylation is 1. The van der Waals surface area contributed by atoms with Gasteiger partial charge in [-0.1, -0.05) is 36.4 Å². The zero-order chi connectivity index (χ0) is 19.3. The number of rotatable bonds is 4. The summed E-state index contributed by atoms with van der Waals surface area (Å²) in [6, 6.07) is 21.1. The lowest BCUT2D eigenvalue weighted by Gasteiger charge is -2.06. The number of hydrogen-bond donors (Lipinski definition) is 0. The first-order chi connectivity index (χ1) is 13.7. The molecule has 4 rings (SSSR count). The lowest BCUT2D eigenvalue weighted by molar-refractivity contribution is -0.671. The molecule has 4 aromatic rings. The monoisotopic (exact) mass is 367 g/mol. The number of nitrogens with zero attached hydrogens (tertiary/aromatic N) is 2. The van der Waals surface area contributed by atoms with Gasteiger partial charge in [-0.05, 0) is 52.2 Å². The maximum Gasteiger partial charge on any atom is 0.362 e. The zero-order valence-electron chi connectivity index (χ0n) is 15.4. The summed E-state index contributed by atoms with van der Waals surface area (Å²) < 4.78 is 7.44. The fraction of sp³-hybridized carbons (Fsp3) is 0.0417. The van der Waals surface area contributed by atoms with Crippen molar-refractivity contribution in [3.8, 4) is 5.75 Å². The Balaban J connectivity index is 1.52. The van der Waals surface area contributed by atoms with Gasteiger partial charge in [0.15, 0.2) is 12.4 Å². The number of esters is 1. The highest BCUT2D eigenvalue weighted by Crippen LogP contribution is 2.23. The maximum atomic E-state index is 12.1. The first-order valence-corrected chi connectivity index (χ1v) is 8.98. The minimum Gasteiger partial charge on any atom is -0.422 e. The van der Waals surface area contributed by atoms with Gasteiger partial charge >= 0.3 is 5.97 Å². The van der Waals surface area contributed by atoms with Gasteiger partial charge in [0.2, 0.25) is 0 Å². The molecule has 0 unspecified atom stereocenters. The predicted octanol–water partition coefficient (Wildman–Crippen LogP) is 4.45. The standard InChI is InChI=1S/C24H19N2O2/c1-26-14-11-18(12-15-26)5-6-19-7-8-21-17-22(10-9-20(21)16-19)28-24(27)23-4-2-3-13-25-23/h2-17H,1H3/q+1/b6-5+. The van der Waals surface area contributed by atoms with E-state index in [1.807, 2.05) is 48.3 Å². The summed E-state index contributed by atoms with van der Waals surface area (Å²) in [6.45, 7) is 0. The summed E-state index contributed by atoms with van der Waals surface area (Å²) in [5.41, 5.74) is 2.55. The molecule has 0 aliphatic carbocycles. The Bertz CT molecular complexity index is 1150. The van der Waals surface area contributed by atoms with Crippen LogP contribution >= 0.6 is 0 Å². The average Bonchev–Trinajstić information content (AvgIpc) is 2.74. The third-order valence-corrected chi connectivity index (χ3v) is 4.39. The van der Waals surface area contributed by atoms with Gasteiger partial charge in [0, 0.05) is 18.3 Å². The van der Waals surface area contributed by atoms with Crippen LogP contribution < -0.4 is 9.30 Å². The summed E-state index contributed by atoms with van der Waals surface area (Å²) in [5, 5.41) is 2.09. The molecule has 0 fully saturated rings. The van der Waals surface area contributed by atoms with Crippen LogP contribution in [0.5, 0.6) is 5.75 Å². The van der Waals surface area contributed by atoms with Crippen LogP contribution in [-0.4, -0.2) is 11.0 Å². The minimum absolute atomic E-state index is 0.289. The van der Waals surface area contributed by atoms with E-state index in [0.29, 0.717) is 5.75 Å². The summed E-state index contributed by atoms with van der Waals surface area (Å²) in [4.78, 5) is 16.2. The smallest absolute Gasteiger partial charge is 0.362 e. The molecular formula is C24H19N2O2+. The van der Waals surface area contributed by atoms with Crippen molar-refractivity contribution < 1.29 is 14.1 Å². The van der Waals surface area contributed by atoms with Gasteiger partial charge in [-0.2, -0.15) is 0 Å². The fourth-order valence-corrected chi connectivity index (χ4v) is 2.87. The highest BCUT2D eigenvalue weighted by Gasteiger charge is 2.09. The predicted molar refractivity (Wildman–Crippen MR) is 110 cm³/mol. The zero-order valence-corrected chi connectivity index (χ0v) is 15.4. The van der Waals surface area contributed by atoms with Gasteiger partial charge in [0.05, 0.1) is 0 Å². The van der Waals surface area contributed by atoms with Crippen molar-refractivity contribution in [2.45, 2.75) is 0 Å². The quantitative estimate of drug-likeness (QED) is 0.304. The van der Waals surface area contributed by atoms with Crippen LogP contribution in [-0.2, 0) is 7.05 Å². The van der Waals surface area contributed by atoms with E-state index < -0.39 is 5.97 Å². The number of carbonyl (C=O) groups is 1. The van der Waals surface area contributed by atoms with E-state index in [4.69, 9.17) is 4.74 Å². The summed E-state index contributed by atoms with van der Waals surface area (Å²) in [7, 11) is 2.00. The lowest BCUT2D eigenvalue weighted by atomic mass is 10.1. The second-order valence-electron chi connectivity index (χ2n) is 6.50. The Morgan fingerprint density at radius 1 is 0.893 bits per heavy atom. The van der Waals surface area contributed by atoms with Crippen molar-refractivity contribution in [1.82, 2.24) is 4.98 Å². The van der Waals surface area contributed by atoms with Crippen LogP contribution in [0.15, 0.2) is 85.3 Å². The first kappa shape index (κ1) is 17.6. The Morgan fingerprint density at radius 2 is 1.64 bits per heavy atom. The van der Waals surface area contributed by atoms with Crippen LogP contribution in [0.25, 0.3) is 22.9 Å². The molecule has 2 aromatic carbocycles. The first-order valence-electron chi connectivity index (χ1n) is 8.98. The number of fused-ring (bicyclic) bond motifs is 1. The maximum absolute atomic E-state index is 12.1. The van der Waals surface area contributed by atoms with Gasteiger partial charge in [-0.3, -0.25) is 0 Å². The summed E-state index contributed by atoms with van der Waals surface area (Å²) >= 11 is 0. The number of ether oxygens (including phenoxy) is 1. The van der Waals surface area contributed by atoms with Gasteiger partial charge < -0.3 is 4.74 Å². The SMILES string of the molecule is C[n+]1ccc(/C=C/c2ccc3cc(OC(=O)c4ccccn4)ccc3c2)cc1. The van der Waals surface area contributed by atoms with E-state index in [-0.39, 0.29) is 5.69 Å². The molecule has 0 aliphatic heterocycles. The largest absolute Gasteiger partial charge is 0.422 e. The molecule has 2 heterocycles. The van der Waals surface area contributed by atoms with Crippen LogP contribution in [0.4, 0.5) is 0 Å². The van der Waals surface area contributed by atoms with E-state index in [2.05, 4.69) is 35.3 Å². The van der Waals surface area contributed by atoms with Crippen molar-refractivity contribution in [1.29, 1.82) is 0 Å². The van der Waals surface area contributed by atoms with Crippen LogP contribution in [0.1, 0.15) is 21.6 Å². The summed E-state index contributed by atoms with van der Waals surface area (Å²) in [5.74, 6) is 0.0411. The Morgan fingerprint density at radius 3 is 2.43 bits per heavy atom. The molecule has 0 saturated heterocycles. The van der Waals surface area contributed by atoms with Gasteiger partial charge in [-0.15, -0.1) is 0 Å². The van der Waals surface area contributed by atoms with E-state index in [1.165, 1.54) is 0 Å². The topological polar surface area (TPSA) is 43.1 Å². The highest BCUT2D eigenvalue weighted by atomic mass is 16.5. The number of aromatic nitrogens is 2. The molecule has 2 aromatic heterocycles. The Labute approximate surface area is 163 Å². The lowest BCUT2D eigenvalue weighted by Crippen LogP contribution is -2.25. The number of carbonyl (C=O) groups excluding carboxylic acids is 1. The molecule has 136 valence electrons. The summed E-state index contributed by atoms with van der Waals surface area (Å²) in [6.07, 6.45) is 9.79. The number of hydrogen-bond acceptors (Lipinski definition) is 3. The van der Waals surface area contributed by atoms with E-state index in [9.17, 15) is 4.79 Å². The van der Waals surface area contributed by atoms with Crippen molar-refractivity contribution in [3.05, 3.63) is 102 Å². The molecule has 0 amide bonds. The van der Waals surface area contributed by atoms with E-state index >= 15 is 0 Å². The van der Waals surface area contributed by atoms with Crippen LogP contribution in [0, 0.1) is 0 Å². The molecule has 4 heteroatoms. The van der Waals surface area contributed by atoms with Crippen LogP contribution in [0.3, 0.4) is 0 Å². The van der Waals surface area contributed by atoms with Gasteiger partial charge in [-0.25, -0.2) is 14.3 Å². The number of benzene rings is 2. The third-order valence-electron chi connectivity index (χ3n) is 4.39. The molecule has 0 N–H and O–H groups in total. The highest BCUT2D eigenvalue weighted by molar-refractivity contribution is 5.91. The molecule has 0 spiro atoms. The van der Waals surface area contributed by atoms with E-state index in [1.54, 1.807) is 30.5 Å². The molecule has 4 nitrogen and oxygen atoms in total. The Hall–Kier alpha value is -3.79. The Kier molecular flexibility index (Phi) is 4.93. The average molecular weight is 367 g/mol.